The third-order valence-corrected chi connectivity index (χ3v) is 5.66. The van der Waals surface area contributed by atoms with Crippen molar-refractivity contribution < 1.29 is 8.78 Å². The van der Waals surface area contributed by atoms with Gasteiger partial charge in [-0.05, 0) is 55.2 Å². The first kappa shape index (κ1) is 21.7. The van der Waals surface area contributed by atoms with Gasteiger partial charge in [-0.2, -0.15) is 15.3 Å². The lowest BCUT2D eigenvalue weighted by atomic mass is 9.89. The van der Waals surface area contributed by atoms with E-state index in [9.17, 15) is 8.78 Å². The Morgan fingerprint density at radius 1 is 1.03 bits per heavy atom. The van der Waals surface area contributed by atoms with Gasteiger partial charge in [0.25, 0.3) is 5.95 Å². The van der Waals surface area contributed by atoms with Crippen LogP contribution in [0, 0.1) is 18.6 Å². The number of hydrogen-bond acceptors (Lipinski definition) is 5. The quantitative estimate of drug-likeness (QED) is 0.408. The minimum absolute atomic E-state index is 0.117. The molecular formula is C24H24F2N6. The molecule has 2 atom stereocenters. The molecule has 0 bridgehead atoms. The molecule has 3 aromatic heterocycles. The molecular weight excluding hydrogens is 410 g/mol. The van der Waals surface area contributed by atoms with E-state index in [0.29, 0.717) is 5.95 Å². The fourth-order valence-electron chi connectivity index (χ4n) is 3.61. The predicted molar refractivity (Wildman–Crippen MR) is 117 cm³/mol. The van der Waals surface area contributed by atoms with Crippen molar-refractivity contribution in [2.24, 2.45) is 0 Å². The number of aromatic nitrogens is 6. The zero-order chi connectivity index (χ0) is 22.8. The molecule has 4 aromatic rings. The first-order valence-corrected chi connectivity index (χ1v) is 10.6. The fraction of sp³-hybridized carbons (Fsp3) is 0.292. The monoisotopic (exact) mass is 434 g/mol. The van der Waals surface area contributed by atoms with Gasteiger partial charge in [-0.15, -0.1) is 0 Å². The summed E-state index contributed by atoms with van der Waals surface area (Å²) in [5, 5.41) is 13.0. The van der Waals surface area contributed by atoms with Crippen LogP contribution in [0.2, 0.25) is 0 Å². The predicted octanol–water partition coefficient (Wildman–Crippen LogP) is 5.37. The Labute approximate surface area is 185 Å². The van der Waals surface area contributed by atoms with E-state index >= 15 is 0 Å². The van der Waals surface area contributed by atoms with E-state index in [4.69, 9.17) is 0 Å². The average Bonchev–Trinajstić information content (AvgIpc) is 3.24. The van der Waals surface area contributed by atoms with Crippen LogP contribution in [0.25, 0.3) is 17.2 Å². The second-order valence-electron chi connectivity index (χ2n) is 7.88. The number of aryl methyl sites for hydroxylation is 1. The Kier molecular flexibility index (Phi) is 6.03. The van der Waals surface area contributed by atoms with E-state index in [-0.39, 0.29) is 23.1 Å². The van der Waals surface area contributed by atoms with Crippen molar-refractivity contribution in [2.45, 2.75) is 46.0 Å². The highest BCUT2D eigenvalue weighted by Crippen LogP contribution is 2.33. The van der Waals surface area contributed by atoms with Gasteiger partial charge in [0.15, 0.2) is 0 Å². The Balaban J connectivity index is 1.78. The normalized spacial score (nSPS) is 13.2. The molecule has 1 unspecified atom stereocenters. The number of rotatable bonds is 6. The molecule has 0 aliphatic heterocycles. The fourth-order valence-corrected chi connectivity index (χ4v) is 3.61. The summed E-state index contributed by atoms with van der Waals surface area (Å²) in [6.45, 7) is 8.01. The zero-order valence-electron chi connectivity index (χ0n) is 18.4. The Hall–Kier alpha value is -3.55. The van der Waals surface area contributed by atoms with Crippen LogP contribution >= 0.6 is 0 Å². The summed E-state index contributed by atoms with van der Waals surface area (Å²) in [7, 11) is 0. The average molecular weight is 434 g/mol. The molecule has 0 N–H and O–H groups in total. The van der Waals surface area contributed by atoms with E-state index in [1.54, 1.807) is 23.1 Å². The Morgan fingerprint density at radius 2 is 1.78 bits per heavy atom. The van der Waals surface area contributed by atoms with E-state index in [1.165, 1.54) is 18.2 Å². The standard InChI is InChI=1S/C24H24F2N6/c1-5-14(2)17-13-21(22-18(25)7-6-8-19(22)26)29-30-23(17)16(4)20-9-11-27-24(28-20)32-12-10-15(3)31-32/h6-14,16H,5H2,1-4H3/t14-,16?/m0/s1. The van der Waals surface area contributed by atoms with Crippen molar-refractivity contribution >= 4 is 0 Å². The Bertz CT molecular complexity index is 1230. The summed E-state index contributed by atoms with van der Waals surface area (Å²) in [5.41, 5.74) is 3.26. The second-order valence-corrected chi connectivity index (χ2v) is 7.88. The van der Waals surface area contributed by atoms with E-state index in [2.05, 4.69) is 39.1 Å². The summed E-state index contributed by atoms with van der Waals surface area (Å²) in [5.74, 6) is -0.947. The third kappa shape index (κ3) is 4.12. The molecule has 0 amide bonds. The lowest BCUT2D eigenvalue weighted by Crippen LogP contribution is -2.12. The van der Waals surface area contributed by atoms with Crippen molar-refractivity contribution in [1.82, 2.24) is 29.9 Å². The molecule has 0 fully saturated rings. The van der Waals surface area contributed by atoms with Crippen LogP contribution in [0.1, 0.15) is 61.7 Å². The second kappa shape index (κ2) is 8.90. The SMILES string of the molecule is CC[C@H](C)c1cc(-c2c(F)cccc2F)nnc1C(C)c1ccnc(-n2ccc(C)n2)n1. The van der Waals surface area contributed by atoms with E-state index in [1.807, 2.05) is 26.0 Å². The molecule has 8 heteroatoms. The van der Waals surface area contributed by atoms with Crippen LogP contribution in [0.5, 0.6) is 0 Å². The summed E-state index contributed by atoms with van der Waals surface area (Å²) in [4.78, 5) is 8.99. The summed E-state index contributed by atoms with van der Waals surface area (Å²) in [6, 6.07) is 9.23. The van der Waals surface area contributed by atoms with Gasteiger partial charge in [0.2, 0.25) is 0 Å². The largest absolute Gasteiger partial charge is 0.250 e. The summed E-state index contributed by atoms with van der Waals surface area (Å²) < 4.78 is 30.3. The molecule has 0 saturated heterocycles. The number of hydrogen-bond donors (Lipinski definition) is 0. The van der Waals surface area contributed by atoms with E-state index in [0.717, 1.165) is 29.1 Å². The van der Waals surface area contributed by atoms with Gasteiger partial charge < -0.3 is 0 Å². The van der Waals surface area contributed by atoms with Crippen LogP contribution in [-0.4, -0.2) is 29.9 Å². The van der Waals surface area contributed by atoms with Crippen molar-refractivity contribution in [2.75, 3.05) is 0 Å². The van der Waals surface area contributed by atoms with Gasteiger partial charge >= 0.3 is 0 Å². The minimum atomic E-state index is -0.662. The molecule has 32 heavy (non-hydrogen) atoms. The Morgan fingerprint density at radius 3 is 2.44 bits per heavy atom. The van der Waals surface area contributed by atoms with Crippen molar-refractivity contribution in [1.29, 1.82) is 0 Å². The van der Waals surface area contributed by atoms with Gasteiger partial charge in [-0.1, -0.05) is 26.8 Å². The van der Waals surface area contributed by atoms with Gasteiger partial charge in [0, 0.05) is 18.3 Å². The highest BCUT2D eigenvalue weighted by molar-refractivity contribution is 5.61. The molecule has 1 aromatic carbocycles. The van der Waals surface area contributed by atoms with Gasteiger partial charge in [0.1, 0.15) is 11.6 Å². The molecule has 0 spiro atoms. The maximum absolute atomic E-state index is 14.3. The maximum atomic E-state index is 14.3. The lowest BCUT2D eigenvalue weighted by molar-refractivity contribution is 0.587. The smallest absolute Gasteiger partial charge is 0.220 e. The van der Waals surface area contributed by atoms with Crippen LogP contribution in [0.4, 0.5) is 8.78 Å². The molecule has 4 rings (SSSR count). The maximum Gasteiger partial charge on any atom is 0.250 e. The van der Waals surface area contributed by atoms with Crippen LogP contribution < -0.4 is 0 Å². The molecule has 0 aliphatic rings. The summed E-state index contributed by atoms with van der Waals surface area (Å²) >= 11 is 0. The molecule has 0 saturated carbocycles. The lowest BCUT2D eigenvalue weighted by Gasteiger charge is -2.19. The van der Waals surface area contributed by atoms with Crippen LogP contribution in [-0.2, 0) is 0 Å². The van der Waals surface area contributed by atoms with Gasteiger partial charge in [0.05, 0.1) is 28.3 Å². The van der Waals surface area contributed by atoms with Crippen molar-refractivity contribution in [3.8, 4) is 17.2 Å². The van der Waals surface area contributed by atoms with E-state index < -0.39 is 11.6 Å². The molecule has 164 valence electrons. The number of halogens is 2. The first-order valence-electron chi connectivity index (χ1n) is 10.6. The zero-order valence-corrected chi connectivity index (χ0v) is 18.4. The van der Waals surface area contributed by atoms with Crippen molar-refractivity contribution in [3.63, 3.8) is 0 Å². The van der Waals surface area contributed by atoms with Gasteiger partial charge in [-0.25, -0.2) is 23.4 Å². The number of nitrogens with zero attached hydrogens (tertiary/aromatic N) is 6. The topological polar surface area (TPSA) is 69.4 Å². The summed E-state index contributed by atoms with van der Waals surface area (Å²) in [6.07, 6.45) is 4.33. The minimum Gasteiger partial charge on any atom is -0.220 e. The van der Waals surface area contributed by atoms with Crippen LogP contribution in [0.15, 0.2) is 48.8 Å². The van der Waals surface area contributed by atoms with Crippen molar-refractivity contribution in [3.05, 3.63) is 83.1 Å². The molecule has 6 nitrogen and oxygen atoms in total. The highest BCUT2D eigenvalue weighted by Gasteiger charge is 2.23. The highest BCUT2D eigenvalue weighted by atomic mass is 19.1. The molecule has 0 radical (unpaired) electrons. The van der Waals surface area contributed by atoms with Gasteiger partial charge in [-0.3, -0.25) is 0 Å². The molecule has 3 heterocycles. The van der Waals surface area contributed by atoms with Crippen LogP contribution in [0.3, 0.4) is 0 Å². The third-order valence-electron chi connectivity index (χ3n) is 5.66. The molecule has 0 aliphatic carbocycles. The first-order chi connectivity index (χ1) is 15.4. The number of benzene rings is 1.